The molecule has 0 aromatic rings. The van der Waals surface area contributed by atoms with Crippen molar-refractivity contribution >= 4 is 0 Å². The van der Waals surface area contributed by atoms with Gasteiger partial charge in [0, 0.05) is 6.61 Å². The fourth-order valence-electron chi connectivity index (χ4n) is 0.750. The molecule has 1 saturated heterocycles. The predicted octanol–water partition coefficient (Wildman–Crippen LogP) is -0.524. The van der Waals surface area contributed by atoms with Gasteiger partial charge in [0.2, 0.25) is 0 Å². The van der Waals surface area contributed by atoms with Crippen LogP contribution in [0, 0.1) is 0 Å². The van der Waals surface area contributed by atoms with E-state index in [1.54, 1.807) is 0 Å². The van der Waals surface area contributed by atoms with Gasteiger partial charge in [-0.25, -0.2) is 0 Å². The Hall–Kier alpha value is -0.120. The van der Waals surface area contributed by atoms with E-state index in [1.165, 1.54) is 0 Å². The van der Waals surface area contributed by atoms with Crippen LogP contribution in [0.5, 0.6) is 0 Å². The second-order valence-corrected chi connectivity index (χ2v) is 1.97. The molecule has 3 nitrogen and oxygen atoms in total. The lowest BCUT2D eigenvalue weighted by Gasteiger charge is -2.22. The van der Waals surface area contributed by atoms with Gasteiger partial charge in [0.05, 0.1) is 0 Å². The fourth-order valence-corrected chi connectivity index (χ4v) is 0.750. The summed E-state index contributed by atoms with van der Waals surface area (Å²) >= 11 is 0. The summed E-state index contributed by atoms with van der Waals surface area (Å²) in [5.41, 5.74) is 0. The third-order valence-electron chi connectivity index (χ3n) is 1.26. The molecule has 1 aliphatic heterocycles. The molecule has 0 radical (unpaired) electrons. The summed E-state index contributed by atoms with van der Waals surface area (Å²) in [4.78, 5) is 0. The van der Waals surface area contributed by atoms with Crippen molar-refractivity contribution in [3.63, 3.8) is 0 Å². The summed E-state index contributed by atoms with van der Waals surface area (Å²) in [6.07, 6.45) is -0.105. The molecule has 1 fully saturated rings. The summed E-state index contributed by atoms with van der Waals surface area (Å²) in [5, 5.41) is 17.5. The minimum atomic E-state index is -0.941. The van der Waals surface area contributed by atoms with Gasteiger partial charge in [-0.05, 0) is 12.8 Å². The van der Waals surface area contributed by atoms with Gasteiger partial charge in [0.25, 0.3) is 0 Å². The maximum Gasteiger partial charge on any atom is 0.180 e. The molecule has 1 rings (SSSR count). The van der Waals surface area contributed by atoms with E-state index in [0.29, 0.717) is 13.0 Å². The molecule has 0 bridgehead atoms. The molecule has 3 heteroatoms. The van der Waals surface area contributed by atoms with Crippen LogP contribution in [0.1, 0.15) is 12.8 Å². The van der Waals surface area contributed by atoms with Crippen LogP contribution >= 0.6 is 0 Å². The average molecular weight is 118 g/mol. The molecule has 0 aromatic carbocycles. The third-order valence-corrected chi connectivity index (χ3v) is 1.26. The zero-order chi connectivity index (χ0) is 5.98. The van der Waals surface area contributed by atoms with Gasteiger partial charge in [0.15, 0.2) is 6.29 Å². The highest BCUT2D eigenvalue weighted by Crippen LogP contribution is 2.10. The smallest absolute Gasteiger partial charge is 0.180 e. The second kappa shape index (κ2) is 2.44. The van der Waals surface area contributed by atoms with Crippen LogP contribution in [0.3, 0.4) is 0 Å². The van der Waals surface area contributed by atoms with Gasteiger partial charge in [-0.1, -0.05) is 0 Å². The Morgan fingerprint density at radius 3 is 2.50 bits per heavy atom. The van der Waals surface area contributed by atoms with Gasteiger partial charge in [-0.2, -0.15) is 0 Å². The zero-order valence-electron chi connectivity index (χ0n) is 4.58. The number of hydrogen-bond acceptors (Lipinski definition) is 3. The lowest BCUT2D eigenvalue weighted by molar-refractivity contribution is -0.185. The van der Waals surface area contributed by atoms with Gasteiger partial charge in [0.1, 0.15) is 6.10 Å². The first-order valence-corrected chi connectivity index (χ1v) is 2.78. The van der Waals surface area contributed by atoms with Crippen molar-refractivity contribution in [3.8, 4) is 0 Å². The molecule has 0 aromatic heterocycles. The van der Waals surface area contributed by atoms with Crippen LogP contribution in [0.25, 0.3) is 0 Å². The van der Waals surface area contributed by atoms with Crippen LogP contribution in [0.4, 0.5) is 0 Å². The van der Waals surface area contributed by atoms with Gasteiger partial charge in [-0.3, -0.25) is 0 Å². The van der Waals surface area contributed by atoms with Crippen molar-refractivity contribution in [1.82, 2.24) is 0 Å². The Morgan fingerprint density at radius 1 is 1.38 bits per heavy atom. The summed E-state index contributed by atoms with van der Waals surface area (Å²) < 4.78 is 4.70. The van der Waals surface area contributed by atoms with E-state index < -0.39 is 12.4 Å². The maximum atomic E-state index is 8.80. The van der Waals surface area contributed by atoms with Crippen molar-refractivity contribution in [2.75, 3.05) is 6.61 Å². The Bertz CT molecular complexity index is 64.1. The molecular formula is C5H10O3. The molecule has 8 heavy (non-hydrogen) atoms. The summed E-state index contributed by atoms with van der Waals surface area (Å²) in [7, 11) is 0. The Kier molecular flexibility index (Phi) is 1.83. The molecule has 0 unspecified atom stereocenters. The molecule has 1 aliphatic rings. The van der Waals surface area contributed by atoms with Crippen molar-refractivity contribution in [1.29, 1.82) is 0 Å². The van der Waals surface area contributed by atoms with Crippen LogP contribution in [0.2, 0.25) is 0 Å². The highest BCUT2D eigenvalue weighted by molar-refractivity contribution is 4.62. The van der Waals surface area contributed by atoms with E-state index in [4.69, 9.17) is 14.9 Å². The number of aliphatic hydroxyl groups is 2. The Balaban J connectivity index is 2.28. The highest BCUT2D eigenvalue weighted by Gasteiger charge is 2.20. The van der Waals surface area contributed by atoms with Crippen LogP contribution < -0.4 is 0 Å². The van der Waals surface area contributed by atoms with E-state index in [9.17, 15) is 0 Å². The van der Waals surface area contributed by atoms with Gasteiger partial charge >= 0.3 is 0 Å². The highest BCUT2D eigenvalue weighted by atomic mass is 16.6. The van der Waals surface area contributed by atoms with Gasteiger partial charge < -0.3 is 14.9 Å². The zero-order valence-corrected chi connectivity index (χ0v) is 4.58. The Labute approximate surface area is 47.9 Å². The van der Waals surface area contributed by atoms with E-state index >= 15 is 0 Å². The van der Waals surface area contributed by atoms with Crippen molar-refractivity contribution < 1.29 is 14.9 Å². The summed E-state index contributed by atoms with van der Waals surface area (Å²) in [5.74, 6) is 0. The molecule has 0 spiro atoms. The second-order valence-electron chi connectivity index (χ2n) is 1.97. The van der Waals surface area contributed by atoms with E-state index in [-0.39, 0.29) is 0 Å². The van der Waals surface area contributed by atoms with Crippen LogP contribution in [0.15, 0.2) is 0 Å². The van der Waals surface area contributed by atoms with E-state index in [0.717, 1.165) is 6.42 Å². The number of ether oxygens (including phenoxy) is 1. The van der Waals surface area contributed by atoms with Crippen molar-refractivity contribution in [3.05, 3.63) is 0 Å². The normalized spacial score (nSPS) is 39.8. The maximum absolute atomic E-state index is 8.80. The monoisotopic (exact) mass is 118 g/mol. The van der Waals surface area contributed by atoms with Crippen LogP contribution in [-0.4, -0.2) is 29.2 Å². The largest absolute Gasteiger partial charge is 0.388 e. The molecule has 0 aliphatic carbocycles. The Morgan fingerprint density at radius 2 is 2.12 bits per heavy atom. The van der Waals surface area contributed by atoms with Crippen molar-refractivity contribution in [2.45, 2.75) is 25.2 Å². The quantitative estimate of drug-likeness (QED) is 0.450. The van der Waals surface area contributed by atoms with E-state index in [1.807, 2.05) is 0 Å². The number of aliphatic hydroxyl groups excluding tert-OH is 2. The lowest BCUT2D eigenvalue weighted by Crippen LogP contribution is -2.33. The third kappa shape index (κ3) is 1.18. The minimum absolute atomic E-state index is 0.568. The summed E-state index contributed by atoms with van der Waals surface area (Å²) in [6.45, 7) is 0.568. The first-order chi connectivity index (χ1) is 3.80. The van der Waals surface area contributed by atoms with Crippen LogP contribution in [-0.2, 0) is 4.74 Å². The molecular weight excluding hydrogens is 108 g/mol. The predicted molar refractivity (Wildman–Crippen MR) is 27.2 cm³/mol. The molecule has 0 saturated carbocycles. The molecule has 0 amide bonds. The molecule has 2 atom stereocenters. The number of rotatable bonds is 0. The molecule has 2 N–H and O–H groups in total. The van der Waals surface area contributed by atoms with Gasteiger partial charge in [-0.15, -0.1) is 0 Å². The van der Waals surface area contributed by atoms with Crippen molar-refractivity contribution in [2.24, 2.45) is 0 Å². The van der Waals surface area contributed by atoms with E-state index in [2.05, 4.69) is 0 Å². The first kappa shape index (κ1) is 6.01. The number of hydrogen-bond donors (Lipinski definition) is 2. The lowest BCUT2D eigenvalue weighted by atomic mass is 10.1. The topological polar surface area (TPSA) is 49.7 Å². The standard InChI is InChI=1S/C5H10O3/c6-4-2-1-3-8-5(4)7/h4-7H,1-3H2/t4-,5-/m1/s1. The SMILES string of the molecule is O[C@@H]1CCCO[C@H]1O. The average Bonchev–Trinajstić information content (AvgIpc) is 1.77. The first-order valence-electron chi connectivity index (χ1n) is 2.78. The minimum Gasteiger partial charge on any atom is -0.388 e. The summed E-state index contributed by atoms with van der Waals surface area (Å²) in [6, 6.07) is 0. The molecule has 1 heterocycles. The fraction of sp³-hybridized carbons (Fsp3) is 1.00. The molecule has 48 valence electrons.